The van der Waals surface area contributed by atoms with Crippen molar-refractivity contribution >= 4 is 51.5 Å². The molecule has 2 heterocycles. The first-order chi connectivity index (χ1) is 14.7. The minimum atomic E-state index is -1.31. The highest BCUT2D eigenvalue weighted by atomic mass is 35.5. The van der Waals surface area contributed by atoms with Gasteiger partial charge in [-0.3, -0.25) is 9.48 Å². The Balaban J connectivity index is 1.80. The van der Waals surface area contributed by atoms with E-state index in [-0.39, 0.29) is 13.0 Å². The maximum absolute atomic E-state index is 13.5. The molecule has 0 saturated carbocycles. The van der Waals surface area contributed by atoms with Crippen LogP contribution < -0.4 is 10.6 Å². The fourth-order valence-electron chi connectivity index (χ4n) is 2.95. The first-order valence-corrected chi connectivity index (χ1v) is 10.4. The van der Waals surface area contributed by atoms with E-state index in [1.165, 1.54) is 12.3 Å². The van der Waals surface area contributed by atoms with Gasteiger partial charge in [0.1, 0.15) is 4.34 Å². The number of carboxylic acid groups (broad SMARTS) is 1. The van der Waals surface area contributed by atoms with Crippen LogP contribution >= 0.6 is 34.5 Å². The molecule has 0 aliphatic carbocycles. The molecule has 0 bridgehead atoms. The molecule has 3 aromatic rings. The lowest BCUT2D eigenvalue weighted by molar-refractivity contribution is -0.119. The number of rotatable bonds is 7. The number of nitrogens with one attached hydrogen (secondary N) is 2. The summed E-state index contributed by atoms with van der Waals surface area (Å²) in [5, 5.41) is 18.6. The minimum absolute atomic E-state index is 0.0111. The molecule has 0 spiro atoms. The molecular formula is C19H16Cl2F2N4O3S. The summed E-state index contributed by atoms with van der Waals surface area (Å²) in [5.74, 6) is -3.46. The summed E-state index contributed by atoms with van der Waals surface area (Å²) < 4.78 is 28.6. The van der Waals surface area contributed by atoms with E-state index in [1.807, 2.05) is 0 Å². The van der Waals surface area contributed by atoms with Crippen LogP contribution in [0, 0.1) is 17.6 Å². The lowest BCUT2D eigenvalue weighted by Crippen LogP contribution is -2.36. The summed E-state index contributed by atoms with van der Waals surface area (Å²) in [6.07, 6.45) is 0.150. The first kappa shape index (κ1) is 23.0. The van der Waals surface area contributed by atoms with Crippen LogP contribution in [0.5, 0.6) is 0 Å². The van der Waals surface area contributed by atoms with E-state index in [0.717, 1.165) is 23.5 Å². The Labute approximate surface area is 189 Å². The average Bonchev–Trinajstić information content (AvgIpc) is 3.22. The number of benzene rings is 1. The molecule has 2 aromatic heterocycles. The van der Waals surface area contributed by atoms with E-state index in [1.54, 1.807) is 17.8 Å². The third-order valence-corrected chi connectivity index (χ3v) is 5.97. The van der Waals surface area contributed by atoms with E-state index >= 15 is 0 Å². The van der Waals surface area contributed by atoms with Gasteiger partial charge < -0.3 is 15.7 Å². The second kappa shape index (κ2) is 9.63. The van der Waals surface area contributed by atoms with Gasteiger partial charge in [0.15, 0.2) is 11.6 Å². The van der Waals surface area contributed by atoms with Crippen LogP contribution in [-0.4, -0.2) is 33.4 Å². The lowest BCUT2D eigenvalue weighted by atomic mass is 9.98. The highest BCUT2D eigenvalue weighted by Gasteiger charge is 2.23. The molecule has 3 rings (SSSR count). The molecule has 0 aliphatic rings. The first-order valence-electron chi connectivity index (χ1n) is 8.84. The predicted octanol–water partition coefficient (Wildman–Crippen LogP) is 4.80. The van der Waals surface area contributed by atoms with Gasteiger partial charge in [0.2, 0.25) is 5.91 Å². The zero-order valence-corrected chi connectivity index (χ0v) is 18.3. The van der Waals surface area contributed by atoms with Gasteiger partial charge in [-0.2, -0.15) is 5.10 Å². The number of nitrogens with zero attached hydrogens (tertiary/aromatic N) is 2. The smallest absolute Gasteiger partial charge is 0.404 e. The van der Waals surface area contributed by atoms with Crippen molar-refractivity contribution in [2.45, 2.75) is 6.42 Å². The number of anilines is 1. The Morgan fingerprint density at radius 1 is 1.26 bits per heavy atom. The van der Waals surface area contributed by atoms with E-state index in [0.29, 0.717) is 31.2 Å². The zero-order valence-electron chi connectivity index (χ0n) is 16.0. The molecule has 0 radical (unpaired) electrons. The number of hydrogen-bond acceptors (Lipinski definition) is 4. The summed E-state index contributed by atoms with van der Waals surface area (Å²) in [4.78, 5) is 23.7. The normalized spacial score (nSPS) is 11.9. The maximum atomic E-state index is 13.5. The van der Waals surface area contributed by atoms with Crippen LogP contribution in [0.1, 0.15) is 5.56 Å². The van der Waals surface area contributed by atoms with Gasteiger partial charge in [-0.05, 0) is 30.2 Å². The second-order valence-electron chi connectivity index (χ2n) is 6.59. The van der Waals surface area contributed by atoms with Gasteiger partial charge in [-0.25, -0.2) is 13.6 Å². The SMILES string of the molecule is Cn1ncc(Cl)c1-c1cc(NC(=O)[C@H](CNC(=O)O)Cc2ccc(F)c(F)c2)sc1Cl. The van der Waals surface area contributed by atoms with Gasteiger partial charge in [0, 0.05) is 19.2 Å². The van der Waals surface area contributed by atoms with Gasteiger partial charge in [-0.15, -0.1) is 11.3 Å². The molecule has 0 aliphatic heterocycles. The molecule has 164 valence electrons. The van der Waals surface area contributed by atoms with Crippen molar-refractivity contribution in [1.82, 2.24) is 15.1 Å². The fourth-order valence-corrected chi connectivity index (χ4v) is 4.40. The predicted molar refractivity (Wildman–Crippen MR) is 115 cm³/mol. The highest BCUT2D eigenvalue weighted by molar-refractivity contribution is 7.20. The third-order valence-electron chi connectivity index (χ3n) is 4.42. The van der Waals surface area contributed by atoms with Gasteiger partial charge >= 0.3 is 6.09 Å². The summed E-state index contributed by atoms with van der Waals surface area (Å²) in [5.41, 5.74) is 1.50. The maximum Gasteiger partial charge on any atom is 0.404 e. The zero-order chi connectivity index (χ0) is 22.7. The molecule has 0 fully saturated rings. The quantitative estimate of drug-likeness (QED) is 0.445. The summed E-state index contributed by atoms with van der Waals surface area (Å²) in [6.45, 7) is -0.223. The second-order valence-corrected chi connectivity index (χ2v) is 8.65. The largest absolute Gasteiger partial charge is 0.465 e. The van der Waals surface area contributed by atoms with E-state index in [2.05, 4.69) is 15.7 Å². The van der Waals surface area contributed by atoms with E-state index < -0.39 is 29.6 Å². The van der Waals surface area contributed by atoms with Crippen molar-refractivity contribution in [2.24, 2.45) is 13.0 Å². The molecule has 2 amide bonds. The van der Waals surface area contributed by atoms with Crippen LogP contribution in [0.4, 0.5) is 18.6 Å². The van der Waals surface area contributed by atoms with Crippen molar-refractivity contribution in [1.29, 1.82) is 0 Å². The van der Waals surface area contributed by atoms with E-state index in [9.17, 15) is 18.4 Å². The van der Waals surface area contributed by atoms with Crippen molar-refractivity contribution in [3.63, 3.8) is 0 Å². The van der Waals surface area contributed by atoms with Crippen molar-refractivity contribution in [2.75, 3.05) is 11.9 Å². The molecule has 7 nitrogen and oxygen atoms in total. The van der Waals surface area contributed by atoms with Gasteiger partial charge in [0.25, 0.3) is 0 Å². The number of amides is 2. The molecule has 1 atom stereocenters. The van der Waals surface area contributed by atoms with Crippen LogP contribution in [0.25, 0.3) is 11.3 Å². The van der Waals surface area contributed by atoms with Crippen LogP contribution in [-0.2, 0) is 18.3 Å². The lowest BCUT2D eigenvalue weighted by Gasteiger charge is -2.16. The summed E-state index contributed by atoms with van der Waals surface area (Å²) in [7, 11) is 1.70. The van der Waals surface area contributed by atoms with Crippen LogP contribution in [0.2, 0.25) is 9.36 Å². The summed E-state index contributed by atoms with van der Waals surface area (Å²) >= 11 is 13.6. The topological polar surface area (TPSA) is 96.3 Å². The number of aromatic nitrogens is 2. The molecule has 0 unspecified atom stereocenters. The van der Waals surface area contributed by atoms with Crippen molar-refractivity contribution in [3.8, 4) is 11.3 Å². The Morgan fingerprint density at radius 2 is 2.00 bits per heavy atom. The highest BCUT2D eigenvalue weighted by Crippen LogP contribution is 2.41. The fraction of sp³-hybridized carbons (Fsp3) is 0.211. The van der Waals surface area contributed by atoms with Crippen molar-refractivity contribution in [3.05, 3.63) is 57.0 Å². The Morgan fingerprint density at radius 3 is 2.61 bits per heavy atom. The standard InChI is InChI=1S/C19H16Cl2F2N4O3S/c1-27-16(12(20)8-25-27)11-6-15(31-17(11)21)26-18(28)10(7-24-19(29)30)4-9-2-3-13(22)14(23)5-9/h2-3,5-6,8,10,24H,4,7H2,1H3,(H,26,28)(H,29,30)/t10-/m0/s1. The Hall–Kier alpha value is -2.69. The summed E-state index contributed by atoms with van der Waals surface area (Å²) in [6, 6.07) is 4.89. The molecular weight excluding hydrogens is 473 g/mol. The monoisotopic (exact) mass is 488 g/mol. The molecule has 0 saturated heterocycles. The van der Waals surface area contributed by atoms with Crippen LogP contribution in [0.3, 0.4) is 0 Å². The average molecular weight is 489 g/mol. The number of carbonyl (C=O) groups excluding carboxylic acids is 1. The number of aryl methyl sites for hydroxylation is 1. The number of halogens is 4. The molecule has 31 heavy (non-hydrogen) atoms. The molecule has 3 N–H and O–H groups in total. The number of carbonyl (C=O) groups is 2. The Kier molecular flexibility index (Phi) is 7.14. The molecule has 1 aromatic carbocycles. The number of thiophene rings is 1. The van der Waals surface area contributed by atoms with Crippen LogP contribution in [0.15, 0.2) is 30.5 Å². The van der Waals surface area contributed by atoms with E-state index in [4.69, 9.17) is 28.3 Å². The number of hydrogen-bond donors (Lipinski definition) is 3. The Bertz CT molecular complexity index is 1120. The minimum Gasteiger partial charge on any atom is -0.465 e. The van der Waals surface area contributed by atoms with Gasteiger partial charge in [0.05, 0.1) is 27.8 Å². The van der Waals surface area contributed by atoms with Gasteiger partial charge in [-0.1, -0.05) is 29.3 Å². The van der Waals surface area contributed by atoms with Crippen molar-refractivity contribution < 1.29 is 23.5 Å². The molecule has 12 heteroatoms. The third kappa shape index (κ3) is 5.52.